The summed E-state index contributed by atoms with van der Waals surface area (Å²) in [6.07, 6.45) is 5.11. The maximum Gasteiger partial charge on any atom is 0.169 e. The molecule has 0 atom stereocenters. The second-order valence-electron chi connectivity index (χ2n) is 4.35. The normalized spacial score (nSPS) is 16.8. The van der Waals surface area contributed by atoms with Gasteiger partial charge in [-0.05, 0) is 12.8 Å². The summed E-state index contributed by atoms with van der Waals surface area (Å²) in [4.78, 5) is 4.37. The fourth-order valence-electron chi connectivity index (χ4n) is 1.83. The van der Waals surface area contributed by atoms with Gasteiger partial charge in [0.2, 0.25) is 0 Å². The molecule has 0 aliphatic carbocycles. The number of aryl methyl sites for hydroxylation is 1. The average Bonchev–Trinajstić information content (AvgIpc) is 2.90. The van der Waals surface area contributed by atoms with E-state index in [1.807, 2.05) is 6.92 Å². The van der Waals surface area contributed by atoms with Crippen LogP contribution in [0.3, 0.4) is 0 Å². The van der Waals surface area contributed by atoms with Crippen molar-refractivity contribution in [2.75, 3.05) is 12.3 Å². The first-order valence-corrected chi connectivity index (χ1v) is 6.47. The van der Waals surface area contributed by atoms with E-state index in [9.17, 15) is 0 Å². The molecule has 2 rings (SSSR count). The van der Waals surface area contributed by atoms with Gasteiger partial charge in [-0.2, -0.15) is 10.2 Å². The molecule has 7 nitrogen and oxygen atoms in total. The molecule has 0 aromatic carbocycles. The fourth-order valence-corrected chi connectivity index (χ4v) is 1.83. The number of aliphatic imine (C=N–C) groups is 1. The van der Waals surface area contributed by atoms with E-state index in [4.69, 9.17) is 11.1 Å². The number of amidine groups is 1. The van der Waals surface area contributed by atoms with Gasteiger partial charge in [-0.15, -0.1) is 0 Å². The standard InChI is InChI=1S/C12H19N7/c1-3-5-18-11(13)9(7-15-18)17-10-8-16-19(6-4-2)12(10)14/h7-8,13H,3-6,14H2,1-2H3/b13-11?,17-9+. The molecule has 1 aromatic heterocycles. The molecule has 0 radical (unpaired) electrons. The molecule has 0 spiro atoms. The molecule has 0 saturated carbocycles. The quantitative estimate of drug-likeness (QED) is 0.843. The number of rotatable bonds is 5. The molecular formula is C12H19N7. The first-order valence-electron chi connectivity index (χ1n) is 6.47. The highest BCUT2D eigenvalue weighted by atomic mass is 15.5. The monoisotopic (exact) mass is 261 g/mol. The van der Waals surface area contributed by atoms with Gasteiger partial charge in [0.25, 0.3) is 0 Å². The van der Waals surface area contributed by atoms with Gasteiger partial charge in [0.1, 0.15) is 17.2 Å². The summed E-state index contributed by atoms with van der Waals surface area (Å²) >= 11 is 0. The molecule has 3 N–H and O–H groups in total. The van der Waals surface area contributed by atoms with Crippen LogP contribution in [0.15, 0.2) is 16.3 Å². The highest BCUT2D eigenvalue weighted by Gasteiger charge is 2.20. The Hall–Kier alpha value is -2.18. The number of nitrogen functional groups attached to an aromatic ring is 1. The first kappa shape index (κ1) is 13.3. The largest absolute Gasteiger partial charge is 0.382 e. The van der Waals surface area contributed by atoms with Gasteiger partial charge in [-0.1, -0.05) is 13.8 Å². The number of hydrogen-bond acceptors (Lipinski definition) is 5. The van der Waals surface area contributed by atoms with E-state index in [1.165, 1.54) is 0 Å². The van der Waals surface area contributed by atoms with Crippen molar-refractivity contribution in [3.05, 3.63) is 6.20 Å². The maximum absolute atomic E-state index is 7.98. The topological polar surface area (TPSA) is 95.7 Å². The minimum Gasteiger partial charge on any atom is -0.382 e. The van der Waals surface area contributed by atoms with Crippen molar-refractivity contribution in [2.45, 2.75) is 33.2 Å². The number of hydrogen-bond donors (Lipinski definition) is 2. The molecule has 2 heterocycles. The van der Waals surface area contributed by atoms with Crippen molar-refractivity contribution < 1.29 is 0 Å². The van der Waals surface area contributed by atoms with Crippen LogP contribution >= 0.6 is 0 Å². The third-order valence-electron chi connectivity index (χ3n) is 2.79. The van der Waals surface area contributed by atoms with Gasteiger partial charge in [0, 0.05) is 13.1 Å². The first-order chi connectivity index (χ1) is 9.17. The number of anilines is 1. The summed E-state index contributed by atoms with van der Waals surface area (Å²) < 4.78 is 1.72. The molecule has 0 fully saturated rings. The molecule has 0 amide bonds. The number of hydrazone groups is 1. The third-order valence-corrected chi connectivity index (χ3v) is 2.79. The van der Waals surface area contributed by atoms with Crippen molar-refractivity contribution in [3.63, 3.8) is 0 Å². The zero-order valence-corrected chi connectivity index (χ0v) is 11.3. The summed E-state index contributed by atoms with van der Waals surface area (Å²) in [7, 11) is 0. The van der Waals surface area contributed by atoms with E-state index in [2.05, 4.69) is 22.1 Å². The van der Waals surface area contributed by atoms with Crippen molar-refractivity contribution in [1.82, 2.24) is 14.8 Å². The van der Waals surface area contributed by atoms with Crippen molar-refractivity contribution in [1.29, 1.82) is 5.41 Å². The van der Waals surface area contributed by atoms with Crippen LogP contribution in [0.4, 0.5) is 11.5 Å². The highest BCUT2D eigenvalue weighted by Crippen LogP contribution is 2.22. The lowest BCUT2D eigenvalue weighted by Gasteiger charge is -2.11. The molecule has 7 heteroatoms. The Kier molecular flexibility index (Phi) is 3.94. The molecule has 0 saturated heterocycles. The number of aromatic nitrogens is 2. The van der Waals surface area contributed by atoms with Crippen LogP contribution in [0.5, 0.6) is 0 Å². The average molecular weight is 261 g/mol. The van der Waals surface area contributed by atoms with E-state index in [0.29, 0.717) is 23.1 Å². The lowest BCUT2D eigenvalue weighted by Crippen LogP contribution is -2.26. The number of nitrogens with two attached hydrogens (primary N) is 1. The summed E-state index contributed by atoms with van der Waals surface area (Å²) in [5.74, 6) is 0.842. The van der Waals surface area contributed by atoms with Gasteiger partial charge >= 0.3 is 0 Å². The van der Waals surface area contributed by atoms with Crippen LogP contribution in [0.25, 0.3) is 0 Å². The van der Waals surface area contributed by atoms with Crippen LogP contribution in [-0.4, -0.2) is 39.1 Å². The molecule has 19 heavy (non-hydrogen) atoms. The van der Waals surface area contributed by atoms with Crippen LogP contribution in [0, 0.1) is 5.41 Å². The van der Waals surface area contributed by atoms with E-state index in [0.717, 1.165) is 25.9 Å². The van der Waals surface area contributed by atoms with Crippen LogP contribution in [-0.2, 0) is 6.54 Å². The number of nitrogens with zero attached hydrogens (tertiary/aromatic N) is 5. The minimum absolute atomic E-state index is 0.310. The second-order valence-corrected chi connectivity index (χ2v) is 4.35. The molecule has 1 aromatic rings. The Morgan fingerprint density at radius 2 is 2.05 bits per heavy atom. The van der Waals surface area contributed by atoms with Crippen LogP contribution in [0.1, 0.15) is 26.7 Å². The van der Waals surface area contributed by atoms with E-state index in [-0.39, 0.29) is 0 Å². The third kappa shape index (κ3) is 2.64. The number of nitrogens with one attached hydrogen (secondary N) is 1. The SMILES string of the molecule is CCCN1N=C/C(=N\c2cnn(CCC)c2N)C1=N. The Morgan fingerprint density at radius 1 is 1.32 bits per heavy atom. The molecular weight excluding hydrogens is 242 g/mol. The summed E-state index contributed by atoms with van der Waals surface area (Å²) in [6, 6.07) is 0. The predicted molar refractivity (Wildman–Crippen MR) is 77.2 cm³/mol. The zero-order valence-electron chi connectivity index (χ0n) is 11.3. The smallest absolute Gasteiger partial charge is 0.169 e. The highest BCUT2D eigenvalue weighted by molar-refractivity contribution is 6.63. The Morgan fingerprint density at radius 3 is 2.74 bits per heavy atom. The Bertz CT molecular complexity index is 526. The lowest BCUT2D eigenvalue weighted by atomic mass is 10.3. The predicted octanol–water partition coefficient (Wildman–Crippen LogP) is 1.64. The molecule has 1 aliphatic heterocycles. The summed E-state index contributed by atoms with van der Waals surface area (Å²) in [5.41, 5.74) is 7.09. The lowest BCUT2D eigenvalue weighted by molar-refractivity contribution is 0.454. The van der Waals surface area contributed by atoms with Gasteiger partial charge in [0.05, 0.1) is 12.4 Å². The summed E-state index contributed by atoms with van der Waals surface area (Å²) in [5, 5.41) is 17.9. The maximum atomic E-state index is 7.98. The van der Waals surface area contributed by atoms with Crippen molar-refractivity contribution >= 4 is 29.3 Å². The van der Waals surface area contributed by atoms with E-state index in [1.54, 1.807) is 22.1 Å². The van der Waals surface area contributed by atoms with E-state index >= 15 is 0 Å². The molecule has 0 unspecified atom stereocenters. The van der Waals surface area contributed by atoms with Crippen LogP contribution in [0.2, 0.25) is 0 Å². The van der Waals surface area contributed by atoms with Crippen molar-refractivity contribution in [2.24, 2.45) is 10.1 Å². The minimum atomic E-state index is 0.310. The van der Waals surface area contributed by atoms with Gasteiger partial charge in [-0.3, -0.25) is 5.41 Å². The fraction of sp³-hybridized carbons (Fsp3) is 0.500. The Balaban J connectivity index is 2.19. The van der Waals surface area contributed by atoms with Gasteiger partial charge < -0.3 is 5.73 Å². The van der Waals surface area contributed by atoms with Crippen molar-refractivity contribution in [3.8, 4) is 0 Å². The molecule has 0 bridgehead atoms. The van der Waals surface area contributed by atoms with Crippen LogP contribution < -0.4 is 5.73 Å². The van der Waals surface area contributed by atoms with Gasteiger partial charge in [-0.25, -0.2) is 14.7 Å². The summed E-state index contributed by atoms with van der Waals surface area (Å²) in [6.45, 7) is 5.60. The van der Waals surface area contributed by atoms with Gasteiger partial charge in [0.15, 0.2) is 5.84 Å². The Labute approximate surface area is 112 Å². The molecule has 102 valence electrons. The zero-order chi connectivity index (χ0) is 13.8. The molecule has 1 aliphatic rings. The van der Waals surface area contributed by atoms with E-state index < -0.39 is 0 Å². The second kappa shape index (κ2) is 5.64.